The van der Waals surface area contributed by atoms with Crippen LogP contribution in [0.2, 0.25) is 0 Å². The molecule has 1 saturated carbocycles. The Hall–Kier alpha value is -0.500. The number of imidazole rings is 1. The largest absolute Gasteiger partial charge is 0.333 e. The molecule has 1 heterocycles. The molecule has 2 nitrogen and oxygen atoms in total. The minimum Gasteiger partial charge on any atom is -0.333 e. The second-order valence-corrected chi connectivity index (χ2v) is 5.39. The fourth-order valence-electron chi connectivity index (χ4n) is 2.60. The molecule has 0 unspecified atom stereocenters. The summed E-state index contributed by atoms with van der Waals surface area (Å²) in [5, 5.41) is 0. The molecule has 1 aromatic heterocycles. The number of nitrogens with zero attached hydrogens (tertiary/aromatic N) is 2. The summed E-state index contributed by atoms with van der Waals surface area (Å²) in [6, 6.07) is 0. The fraction of sp³-hybridized carbons (Fsp3) is 0.769. The highest BCUT2D eigenvalue weighted by Gasteiger charge is 2.18. The second-order valence-electron chi connectivity index (χ2n) is 5.13. The van der Waals surface area contributed by atoms with Gasteiger partial charge in [-0.1, -0.05) is 32.6 Å². The lowest BCUT2D eigenvalue weighted by Gasteiger charge is -2.26. The molecule has 3 heteroatoms. The number of rotatable bonds is 4. The van der Waals surface area contributed by atoms with Gasteiger partial charge in [0.2, 0.25) is 0 Å². The van der Waals surface area contributed by atoms with Crippen LogP contribution in [0.4, 0.5) is 0 Å². The summed E-state index contributed by atoms with van der Waals surface area (Å²) in [6.45, 7) is 3.46. The lowest BCUT2D eigenvalue weighted by molar-refractivity contribution is 0.268. The van der Waals surface area contributed by atoms with E-state index >= 15 is 0 Å². The Morgan fingerprint density at radius 1 is 1.38 bits per heavy atom. The van der Waals surface area contributed by atoms with E-state index < -0.39 is 0 Å². The van der Waals surface area contributed by atoms with E-state index in [1.54, 1.807) is 0 Å². The topological polar surface area (TPSA) is 17.8 Å². The van der Waals surface area contributed by atoms with Crippen LogP contribution in [0.1, 0.15) is 44.7 Å². The Morgan fingerprint density at radius 2 is 2.12 bits per heavy atom. The molecule has 2 rings (SSSR count). The SMILES string of the molecule is CC1CCC(CCn2cncc2CCl)CC1. The summed E-state index contributed by atoms with van der Waals surface area (Å²) in [6.07, 6.45) is 10.7. The zero-order chi connectivity index (χ0) is 11.4. The minimum atomic E-state index is 0.571. The Balaban J connectivity index is 1.79. The molecule has 90 valence electrons. The third kappa shape index (κ3) is 3.00. The Labute approximate surface area is 103 Å². The fourth-order valence-corrected chi connectivity index (χ4v) is 2.82. The third-order valence-corrected chi connectivity index (χ3v) is 4.12. The summed E-state index contributed by atoms with van der Waals surface area (Å²) in [4.78, 5) is 4.15. The average Bonchev–Trinajstić information content (AvgIpc) is 2.76. The minimum absolute atomic E-state index is 0.571. The number of hydrogen-bond donors (Lipinski definition) is 0. The molecule has 0 radical (unpaired) electrons. The van der Waals surface area contributed by atoms with Gasteiger partial charge in [-0.05, 0) is 18.3 Å². The first-order valence-corrected chi connectivity index (χ1v) is 6.88. The van der Waals surface area contributed by atoms with E-state index in [1.807, 2.05) is 12.5 Å². The van der Waals surface area contributed by atoms with Gasteiger partial charge >= 0.3 is 0 Å². The maximum Gasteiger partial charge on any atom is 0.0948 e. The van der Waals surface area contributed by atoms with Crippen LogP contribution in [0.3, 0.4) is 0 Å². The molecule has 16 heavy (non-hydrogen) atoms. The molecule has 0 atom stereocenters. The van der Waals surface area contributed by atoms with Crippen molar-refractivity contribution in [1.82, 2.24) is 9.55 Å². The van der Waals surface area contributed by atoms with Crippen molar-refractivity contribution in [2.45, 2.75) is 51.5 Å². The van der Waals surface area contributed by atoms with Crippen LogP contribution < -0.4 is 0 Å². The van der Waals surface area contributed by atoms with Crippen molar-refractivity contribution in [1.29, 1.82) is 0 Å². The number of alkyl halides is 1. The molecule has 0 N–H and O–H groups in total. The van der Waals surface area contributed by atoms with Crippen molar-refractivity contribution < 1.29 is 0 Å². The first-order valence-electron chi connectivity index (χ1n) is 6.34. The summed E-state index contributed by atoms with van der Waals surface area (Å²) >= 11 is 5.85. The van der Waals surface area contributed by atoms with E-state index in [0.717, 1.165) is 24.1 Å². The molecular weight excluding hydrogens is 220 g/mol. The average molecular weight is 241 g/mol. The molecule has 1 aromatic rings. The van der Waals surface area contributed by atoms with Gasteiger partial charge in [0.05, 0.1) is 17.9 Å². The van der Waals surface area contributed by atoms with Gasteiger partial charge in [0, 0.05) is 12.7 Å². The quantitative estimate of drug-likeness (QED) is 0.732. The highest BCUT2D eigenvalue weighted by molar-refractivity contribution is 6.16. The van der Waals surface area contributed by atoms with Crippen molar-refractivity contribution in [3.8, 4) is 0 Å². The van der Waals surface area contributed by atoms with E-state index in [0.29, 0.717) is 5.88 Å². The van der Waals surface area contributed by atoms with Gasteiger partial charge in [-0.15, -0.1) is 11.6 Å². The van der Waals surface area contributed by atoms with E-state index in [4.69, 9.17) is 11.6 Å². The first-order chi connectivity index (χ1) is 7.79. The normalized spacial score (nSPS) is 25.9. The molecule has 0 aromatic carbocycles. The molecule has 0 spiro atoms. The predicted molar refractivity (Wildman–Crippen MR) is 67.5 cm³/mol. The highest BCUT2D eigenvalue weighted by Crippen LogP contribution is 2.30. The number of aryl methyl sites for hydroxylation is 1. The standard InChI is InChI=1S/C13H21ClN2/c1-11-2-4-12(5-3-11)6-7-16-10-15-9-13(16)8-14/h9-12H,2-8H2,1H3. The molecular formula is C13H21ClN2. The van der Waals surface area contributed by atoms with Crippen LogP contribution in [0, 0.1) is 11.8 Å². The van der Waals surface area contributed by atoms with Gasteiger partial charge in [-0.3, -0.25) is 0 Å². The maximum atomic E-state index is 5.85. The van der Waals surface area contributed by atoms with Crippen LogP contribution in [0.15, 0.2) is 12.5 Å². The lowest BCUT2D eigenvalue weighted by atomic mass is 9.81. The van der Waals surface area contributed by atoms with Crippen molar-refractivity contribution in [3.05, 3.63) is 18.2 Å². The second kappa shape index (κ2) is 5.72. The molecule has 1 aliphatic carbocycles. The number of halogens is 1. The van der Waals surface area contributed by atoms with Gasteiger partial charge in [0.25, 0.3) is 0 Å². The molecule has 0 bridgehead atoms. The van der Waals surface area contributed by atoms with Crippen LogP contribution in [0.5, 0.6) is 0 Å². The van der Waals surface area contributed by atoms with Crippen LogP contribution >= 0.6 is 11.6 Å². The van der Waals surface area contributed by atoms with Crippen molar-refractivity contribution in [3.63, 3.8) is 0 Å². The molecule has 1 fully saturated rings. The molecule has 0 saturated heterocycles. The smallest absolute Gasteiger partial charge is 0.0948 e. The van der Waals surface area contributed by atoms with Gasteiger partial charge in [-0.25, -0.2) is 4.98 Å². The monoisotopic (exact) mass is 240 g/mol. The zero-order valence-electron chi connectivity index (χ0n) is 10.0. The summed E-state index contributed by atoms with van der Waals surface area (Å²) in [5.74, 6) is 2.44. The Morgan fingerprint density at radius 3 is 2.81 bits per heavy atom. The first kappa shape index (κ1) is 12.0. The van der Waals surface area contributed by atoms with Crippen LogP contribution in [-0.2, 0) is 12.4 Å². The highest BCUT2D eigenvalue weighted by atomic mass is 35.5. The van der Waals surface area contributed by atoms with Gasteiger partial charge < -0.3 is 4.57 Å². The maximum absolute atomic E-state index is 5.85. The lowest BCUT2D eigenvalue weighted by Crippen LogP contribution is -2.14. The molecule has 0 aliphatic heterocycles. The van der Waals surface area contributed by atoms with Crippen molar-refractivity contribution in [2.75, 3.05) is 0 Å². The molecule has 0 amide bonds. The number of hydrogen-bond acceptors (Lipinski definition) is 1. The van der Waals surface area contributed by atoms with Gasteiger partial charge in [-0.2, -0.15) is 0 Å². The van der Waals surface area contributed by atoms with E-state index in [9.17, 15) is 0 Å². The van der Waals surface area contributed by atoms with Crippen molar-refractivity contribution >= 4 is 11.6 Å². The predicted octanol–water partition coefficient (Wildman–Crippen LogP) is 3.84. The van der Waals surface area contributed by atoms with Gasteiger partial charge in [0.15, 0.2) is 0 Å². The summed E-state index contributed by atoms with van der Waals surface area (Å²) in [5.41, 5.74) is 1.14. The Kier molecular flexibility index (Phi) is 4.28. The zero-order valence-corrected chi connectivity index (χ0v) is 10.8. The van der Waals surface area contributed by atoms with Crippen LogP contribution in [0.25, 0.3) is 0 Å². The van der Waals surface area contributed by atoms with E-state index in [-0.39, 0.29) is 0 Å². The van der Waals surface area contributed by atoms with E-state index in [2.05, 4.69) is 16.5 Å². The summed E-state index contributed by atoms with van der Waals surface area (Å²) < 4.78 is 2.20. The number of aromatic nitrogens is 2. The Bertz CT molecular complexity index is 313. The third-order valence-electron chi connectivity index (χ3n) is 3.85. The van der Waals surface area contributed by atoms with Crippen molar-refractivity contribution in [2.24, 2.45) is 11.8 Å². The van der Waals surface area contributed by atoms with Gasteiger partial charge in [0.1, 0.15) is 0 Å². The van der Waals surface area contributed by atoms with Crippen LogP contribution in [-0.4, -0.2) is 9.55 Å². The molecule has 1 aliphatic rings. The summed E-state index contributed by atoms with van der Waals surface area (Å²) in [7, 11) is 0. The van der Waals surface area contributed by atoms with E-state index in [1.165, 1.54) is 32.1 Å².